The molecule has 1 aliphatic rings. The van der Waals surface area contributed by atoms with Crippen LogP contribution in [-0.2, 0) is 5.41 Å². The van der Waals surface area contributed by atoms with Gasteiger partial charge in [-0.1, -0.05) is 32.9 Å². The normalized spacial score (nSPS) is 14.7. The predicted molar refractivity (Wildman–Crippen MR) is 127 cm³/mol. The second kappa shape index (κ2) is 8.36. The van der Waals surface area contributed by atoms with Gasteiger partial charge in [0.1, 0.15) is 0 Å². The van der Waals surface area contributed by atoms with Crippen LogP contribution < -0.4 is 16.0 Å². The Hall–Kier alpha value is -2.68. The van der Waals surface area contributed by atoms with Crippen molar-refractivity contribution in [2.75, 3.05) is 10.6 Å². The molecule has 0 spiro atoms. The first-order valence-electron chi connectivity index (χ1n) is 10.5. The number of hydrogen-bond donors (Lipinski definition) is 3. The van der Waals surface area contributed by atoms with Crippen molar-refractivity contribution >= 4 is 17.1 Å². The summed E-state index contributed by atoms with van der Waals surface area (Å²) >= 11 is 0. The van der Waals surface area contributed by atoms with Crippen LogP contribution in [-0.4, -0.2) is 5.54 Å². The number of hydrogen-bond acceptors (Lipinski definition) is 3. The summed E-state index contributed by atoms with van der Waals surface area (Å²) in [6.07, 6.45) is 6.43. The average Bonchev–Trinajstić information content (AvgIpc) is 2.63. The third-order valence-electron chi connectivity index (χ3n) is 4.91. The molecular formula is C26H35N3. The van der Waals surface area contributed by atoms with Gasteiger partial charge in [-0.05, 0) is 93.1 Å². The molecule has 3 heteroatoms. The zero-order valence-corrected chi connectivity index (χ0v) is 18.7. The van der Waals surface area contributed by atoms with Gasteiger partial charge < -0.3 is 16.0 Å². The summed E-state index contributed by atoms with van der Waals surface area (Å²) in [7, 11) is 0. The minimum Gasteiger partial charge on any atom is -0.384 e. The van der Waals surface area contributed by atoms with Crippen molar-refractivity contribution in [2.24, 2.45) is 0 Å². The van der Waals surface area contributed by atoms with Crippen molar-refractivity contribution in [3.63, 3.8) is 0 Å². The topological polar surface area (TPSA) is 36.1 Å². The first kappa shape index (κ1) is 21.0. The second-order valence-electron chi connectivity index (χ2n) is 9.91. The van der Waals surface area contributed by atoms with Crippen molar-refractivity contribution in [1.29, 1.82) is 0 Å². The van der Waals surface area contributed by atoms with E-state index in [1.807, 2.05) is 0 Å². The van der Waals surface area contributed by atoms with Gasteiger partial charge in [-0.2, -0.15) is 0 Å². The van der Waals surface area contributed by atoms with Crippen LogP contribution >= 0.6 is 0 Å². The molecule has 0 heterocycles. The van der Waals surface area contributed by atoms with E-state index in [9.17, 15) is 0 Å². The highest BCUT2D eigenvalue weighted by molar-refractivity contribution is 5.63. The van der Waals surface area contributed by atoms with E-state index < -0.39 is 0 Å². The monoisotopic (exact) mass is 389 g/mol. The lowest BCUT2D eigenvalue weighted by molar-refractivity contribution is 0.462. The summed E-state index contributed by atoms with van der Waals surface area (Å²) in [5.41, 5.74) is 7.51. The van der Waals surface area contributed by atoms with E-state index in [-0.39, 0.29) is 11.0 Å². The quantitative estimate of drug-likeness (QED) is 0.511. The van der Waals surface area contributed by atoms with Gasteiger partial charge in [0.25, 0.3) is 0 Å². The summed E-state index contributed by atoms with van der Waals surface area (Å²) in [5.74, 6) is 0. The summed E-state index contributed by atoms with van der Waals surface area (Å²) in [5, 5.41) is 10.6. The van der Waals surface area contributed by atoms with Crippen LogP contribution in [0.5, 0.6) is 0 Å². The highest BCUT2D eigenvalue weighted by Gasteiger charge is 2.14. The molecule has 3 nitrogen and oxygen atoms in total. The Morgan fingerprint density at radius 1 is 0.586 bits per heavy atom. The molecule has 0 saturated carbocycles. The van der Waals surface area contributed by atoms with Crippen molar-refractivity contribution in [3.8, 4) is 0 Å². The molecule has 2 aromatic carbocycles. The zero-order valence-electron chi connectivity index (χ0n) is 18.7. The smallest absolute Gasteiger partial charge is 0.0385 e. The Bertz CT molecular complexity index is 874. The largest absolute Gasteiger partial charge is 0.384 e. The number of nitrogens with one attached hydrogen (secondary N) is 3. The average molecular weight is 390 g/mol. The number of allylic oxidation sites excluding steroid dienone is 4. The fourth-order valence-corrected chi connectivity index (χ4v) is 3.37. The van der Waals surface area contributed by atoms with Crippen LogP contribution in [0.4, 0.5) is 17.1 Å². The van der Waals surface area contributed by atoms with Crippen LogP contribution in [0.1, 0.15) is 59.9 Å². The third kappa shape index (κ3) is 6.42. The Kier molecular flexibility index (Phi) is 6.07. The number of rotatable bonds is 5. The van der Waals surface area contributed by atoms with Crippen molar-refractivity contribution in [1.82, 2.24) is 5.32 Å². The summed E-state index contributed by atoms with van der Waals surface area (Å²) in [6.45, 7) is 13.3. The number of anilines is 3. The molecule has 0 fully saturated rings. The van der Waals surface area contributed by atoms with E-state index in [4.69, 9.17) is 0 Å². The molecule has 0 radical (unpaired) electrons. The maximum absolute atomic E-state index is 3.57. The minimum atomic E-state index is 0.112. The summed E-state index contributed by atoms with van der Waals surface area (Å²) in [4.78, 5) is 0. The molecule has 0 amide bonds. The molecule has 1 aliphatic carbocycles. The van der Waals surface area contributed by atoms with Crippen molar-refractivity contribution in [2.45, 2.75) is 65.3 Å². The van der Waals surface area contributed by atoms with Crippen LogP contribution in [0.25, 0.3) is 0 Å². The molecule has 0 aromatic heterocycles. The zero-order chi connectivity index (χ0) is 21.1. The fraction of sp³-hybridized carbons (Fsp3) is 0.385. The molecular weight excluding hydrogens is 354 g/mol. The maximum Gasteiger partial charge on any atom is 0.0385 e. The molecule has 3 rings (SSSR count). The first-order chi connectivity index (χ1) is 13.6. The summed E-state index contributed by atoms with van der Waals surface area (Å²) < 4.78 is 0. The van der Waals surface area contributed by atoms with Gasteiger partial charge in [-0.15, -0.1) is 0 Å². The Labute approximate surface area is 176 Å². The van der Waals surface area contributed by atoms with Crippen molar-refractivity contribution in [3.05, 3.63) is 77.6 Å². The second-order valence-corrected chi connectivity index (χ2v) is 9.91. The van der Waals surface area contributed by atoms with E-state index in [0.717, 1.165) is 29.9 Å². The molecule has 0 aliphatic heterocycles. The lowest BCUT2D eigenvalue weighted by Crippen LogP contribution is -2.35. The van der Waals surface area contributed by atoms with Gasteiger partial charge in [0, 0.05) is 34.0 Å². The van der Waals surface area contributed by atoms with Crippen LogP contribution in [0, 0.1) is 0 Å². The lowest BCUT2D eigenvalue weighted by atomic mass is 9.87. The standard InChI is InChI=1S/C26H35N3/c1-25(2,3)19-7-9-20(10-8-19)27-21-11-13-22(14-12-21)28-23-15-17-24(18-16-23)29-26(4,5)6/h7-15,17,27-29H,16,18H2,1-6H3. The van der Waals surface area contributed by atoms with Gasteiger partial charge in [0.15, 0.2) is 0 Å². The molecule has 154 valence electrons. The Balaban J connectivity index is 1.58. The van der Waals surface area contributed by atoms with Gasteiger partial charge >= 0.3 is 0 Å². The molecule has 0 saturated heterocycles. The third-order valence-corrected chi connectivity index (χ3v) is 4.91. The van der Waals surface area contributed by atoms with E-state index in [1.165, 1.54) is 17.0 Å². The molecule has 3 N–H and O–H groups in total. The van der Waals surface area contributed by atoms with Crippen LogP contribution in [0.2, 0.25) is 0 Å². The SMILES string of the molecule is CC(C)(C)NC1=CC=C(Nc2ccc(Nc3ccc(C(C)(C)C)cc3)cc2)CC1. The van der Waals surface area contributed by atoms with Gasteiger partial charge in [-0.3, -0.25) is 0 Å². The predicted octanol–water partition coefficient (Wildman–Crippen LogP) is 7.09. The maximum atomic E-state index is 3.57. The highest BCUT2D eigenvalue weighted by Crippen LogP contribution is 2.26. The molecule has 0 bridgehead atoms. The molecule has 0 unspecified atom stereocenters. The fourth-order valence-electron chi connectivity index (χ4n) is 3.37. The molecule has 29 heavy (non-hydrogen) atoms. The molecule has 2 aromatic rings. The van der Waals surface area contributed by atoms with E-state index in [2.05, 4.69) is 118 Å². The first-order valence-corrected chi connectivity index (χ1v) is 10.5. The molecule has 0 atom stereocenters. The highest BCUT2D eigenvalue weighted by atomic mass is 15.0. The van der Waals surface area contributed by atoms with E-state index in [0.29, 0.717) is 0 Å². The van der Waals surface area contributed by atoms with Crippen molar-refractivity contribution < 1.29 is 0 Å². The van der Waals surface area contributed by atoms with E-state index in [1.54, 1.807) is 0 Å². The van der Waals surface area contributed by atoms with Crippen LogP contribution in [0.3, 0.4) is 0 Å². The Morgan fingerprint density at radius 3 is 1.48 bits per heavy atom. The minimum absolute atomic E-state index is 0.112. The summed E-state index contributed by atoms with van der Waals surface area (Å²) in [6, 6.07) is 17.2. The van der Waals surface area contributed by atoms with Gasteiger partial charge in [0.2, 0.25) is 0 Å². The van der Waals surface area contributed by atoms with Gasteiger partial charge in [-0.25, -0.2) is 0 Å². The van der Waals surface area contributed by atoms with E-state index >= 15 is 0 Å². The Morgan fingerprint density at radius 2 is 1.03 bits per heavy atom. The number of benzene rings is 2. The van der Waals surface area contributed by atoms with Crippen LogP contribution in [0.15, 0.2) is 72.1 Å². The van der Waals surface area contributed by atoms with Gasteiger partial charge in [0.05, 0.1) is 0 Å². The lowest BCUT2D eigenvalue weighted by Gasteiger charge is -2.26.